The summed E-state index contributed by atoms with van der Waals surface area (Å²) in [7, 11) is -3.24. The number of hydrogen-bond donors (Lipinski definition) is 1. The first-order chi connectivity index (χ1) is 7.46. The molecule has 0 unspecified atom stereocenters. The van der Waals surface area contributed by atoms with Crippen molar-refractivity contribution in [3.8, 4) is 0 Å². The number of thiophene rings is 1. The lowest BCUT2D eigenvalue weighted by atomic mass is 10.3. The molecule has 0 aliphatic heterocycles. The summed E-state index contributed by atoms with van der Waals surface area (Å²) in [6.07, 6.45) is 0. The van der Waals surface area contributed by atoms with Gasteiger partial charge in [0.25, 0.3) is 0 Å². The van der Waals surface area contributed by atoms with Crippen molar-refractivity contribution in [2.45, 2.75) is 27.7 Å². The minimum atomic E-state index is -3.24. The molecule has 0 fully saturated rings. The van der Waals surface area contributed by atoms with Gasteiger partial charge < -0.3 is 14.8 Å². The van der Waals surface area contributed by atoms with E-state index >= 15 is 0 Å². The van der Waals surface area contributed by atoms with E-state index in [1.54, 1.807) is 13.8 Å². The third-order valence-electron chi connectivity index (χ3n) is 2.25. The molecule has 1 rings (SSSR count). The maximum atomic E-state index is 12.6. The fourth-order valence-corrected chi connectivity index (χ4v) is 4.73. The molecule has 0 atom stereocenters. The highest BCUT2D eigenvalue weighted by Gasteiger charge is 2.33. The third-order valence-corrected chi connectivity index (χ3v) is 5.76. The second kappa shape index (κ2) is 5.32. The van der Waals surface area contributed by atoms with Gasteiger partial charge in [-0.05, 0) is 33.3 Å². The van der Waals surface area contributed by atoms with Crippen LogP contribution in [0.25, 0.3) is 0 Å². The highest BCUT2D eigenvalue weighted by Crippen LogP contribution is 2.51. The van der Waals surface area contributed by atoms with Crippen LogP contribution < -0.4 is 11.0 Å². The average Bonchev–Trinajstić information content (AvgIpc) is 2.42. The third kappa shape index (κ3) is 2.48. The van der Waals surface area contributed by atoms with Gasteiger partial charge in [-0.15, -0.1) is 11.3 Å². The van der Waals surface area contributed by atoms with E-state index in [0.717, 1.165) is 10.4 Å². The Morgan fingerprint density at radius 1 is 1.25 bits per heavy atom. The molecule has 1 aromatic rings. The summed E-state index contributed by atoms with van der Waals surface area (Å²) in [5, 5.41) is 1.07. The van der Waals surface area contributed by atoms with Crippen LogP contribution in [0.5, 0.6) is 0 Å². The van der Waals surface area contributed by atoms with Gasteiger partial charge in [0.2, 0.25) is 0 Å². The number of hydrogen-bond acceptors (Lipinski definition) is 5. The van der Waals surface area contributed by atoms with Crippen LogP contribution in [-0.4, -0.2) is 13.2 Å². The Balaban J connectivity index is 3.25. The van der Waals surface area contributed by atoms with Crippen LogP contribution in [0.2, 0.25) is 0 Å². The van der Waals surface area contributed by atoms with Crippen molar-refractivity contribution in [2.75, 3.05) is 18.9 Å². The SMILES string of the molecule is CCOP(=O)(OCC)c1c(N)sc(C)c1C. The summed E-state index contributed by atoms with van der Waals surface area (Å²) < 4.78 is 23.1. The molecule has 0 spiro atoms. The molecule has 4 nitrogen and oxygen atoms in total. The molecule has 1 aromatic heterocycles. The van der Waals surface area contributed by atoms with Gasteiger partial charge in [0.1, 0.15) is 10.3 Å². The van der Waals surface area contributed by atoms with Crippen LogP contribution in [-0.2, 0) is 13.6 Å². The molecular weight excluding hydrogens is 245 g/mol. The highest BCUT2D eigenvalue weighted by molar-refractivity contribution is 7.63. The Bertz CT molecular complexity index is 406. The quantitative estimate of drug-likeness (QED) is 0.830. The molecule has 0 amide bonds. The summed E-state index contributed by atoms with van der Waals surface area (Å²) in [6.45, 7) is 8.09. The van der Waals surface area contributed by atoms with Gasteiger partial charge in [-0.3, -0.25) is 4.57 Å². The Labute approximate surface area is 100 Å². The second-order valence-electron chi connectivity index (χ2n) is 3.33. The van der Waals surface area contributed by atoms with E-state index in [0.29, 0.717) is 23.5 Å². The zero-order valence-electron chi connectivity index (χ0n) is 10.1. The van der Waals surface area contributed by atoms with Gasteiger partial charge in [0.15, 0.2) is 0 Å². The maximum absolute atomic E-state index is 12.6. The molecule has 0 radical (unpaired) electrons. The van der Waals surface area contributed by atoms with Crippen molar-refractivity contribution in [3.05, 3.63) is 10.4 Å². The Morgan fingerprint density at radius 2 is 1.75 bits per heavy atom. The second-order valence-corrected chi connectivity index (χ2v) is 6.54. The topological polar surface area (TPSA) is 61.5 Å². The van der Waals surface area contributed by atoms with Gasteiger partial charge in [0.05, 0.1) is 13.2 Å². The molecule has 1 heterocycles. The van der Waals surface area contributed by atoms with Gasteiger partial charge in [0, 0.05) is 4.88 Å². The van der Waals surface area contributed by atoms with Crippen molar-refractivity contribution < 1.29 is 13.6 Å². The van der Waals surface area contributed by atoms with Gasteiger partial charge in [-0.25, -0.2) is 0 Å². The first kappa shape index (κ1) is 13.7. The van der Waals surface area contributed by atoms with Crippen molar-refractivity contribution in [1.29, 1.82) is 0 Å². The Kier molecular flexibility index (Phi) is 4.56. The minimum Gasteiger partial charge on any atom is -0.390 e. The molecule has 0 bridgehead atoms. The fraction of sp³-hybridized carbons (Fsp3) is 0.600. The number of aryl methyl sites for hydroxylation is 1. The molecular formula is C10H18NO3PS. The van der Waals surface area contributed by atoms with E-state index in [2.05, 4.69) is 0 Å². The molecule has 0 saturated heterocycles. The summed E-state index contributed by atoms with van der Waals surface area (Å²) in [6, 6.07) is 0. The lowest BCUT2D eigenvalue weighted by Gasteiger charge is -2.17. The molecule has 2 N–H and O–H groups in total. The number of nitrogens with two attached hydrogens (primary N) is 1. The minimum absolute atomic E-state index is 0.338. The zero-order valence-corrected chi connectivity index (χ0v) is 11.8. The summed E-state index contributed by atoms with van der Waals surface area (Å²) in [4.78, 5) is 1.05. The molecule has 0 aliphatic carbocycles. The fourth-order valence-electron chi connectivity index (χ4n) is 1.49. The van der Waals surface area contributed by atoms with Crippen LogP contribution in [0.1, 0.15) is 24.3 Å². The lowest BCUT2D eigenvalue weighted by molar-refractivity contribution is 0.230. The van der Waals surface area contributed by atoms with Crippen molar-refractivity contribution in [2.24, 2.45) is 0 Å². The van der Waals surface area contributed by atoms with Gasteiger partial charge in [-0.2, -0.15) is 0 Å². The zero-order chi connectivity index (χ0) is 12.3. The lowest BCUT2D eigenvalue weighted by Crippen LogP contribution is -2.15. The predicted octanol–water partition coefficient (Wildman–Crippen LogP) is 2.84. The van der Waals surface area contributed by atoms with E-state index in [-0.39, 0.29) is 0 Å². The van der Waals surface area contributed by atoms with Crippen LogP contribution in [0.4, 0.5) is 5.00 Å². The standard InChI is InChI=1S/C10H18NO3PS/c1-5-13-15(12,14-6-2)9-7(3)8(4)16-10(9)11/h5-6,11H2,1-4H3. The molecule has 6 heteroatoms. The molecule has 92 valence electrons. The van der Waals surface area contributed by atoms with E-state index in [4.69, 9.17) is 14.8 Å². The first-order valence-electron chi connectivity index (χ1n) is 5.21. The summed E-state index contributed by atoms with van der Waals surface area (Å²) in [5.41, 5.74) is 6.79. The first-order valence-corrected chi connectivity index (χ1v) is 7.57. The summed E-state index contributed by atoms with van der Waals surface area (Å²) >= 11 is 1.42. The van der Waals surface area contributed by atoms with E-state index < -0.39 is 7.60 Å². The van der Waals surface area contributed by atoms with Crippen molar-refractivity contribution in [3.63, 3.8) is 0 Å². The largest absolute Gasteiger partial charge is 0.390 e. The van der Waals surface area contributed by atoms with Crippen LogP contribution in [0.3, 0.4) is 0 Å². The van der Waals surface area contributed by atoms with Crippen molar-refractivity contribution in [1.82, 2.24) is 0 Å². The number of nitrogen functional groups attached to an aromatic ring is 1. The van der Waals surface area contributed by atoms with Crippen molar-refractivity contribution >= 4 is 29.2 Å². The predicted molar refractivity (Wildman–Crippen MR) is 68.7 cm³/mol. The van der Waals surface area contributed by atoms with Gasteiger partial charge in [-0.1, -0.05) is 0 Å². The molecule has 0 saturated carbocycles. The van der Waals surface area contributed by atoms with Crippen LogP contribution in [0.15, 0.2) is 0 Å². The van der Waals surface area contributed by atoms with E-state index in [9.17, 15) is 4.57 Å². The smallest absolute Gasteiger partial charge is 0.364 e. The van der Waals surface area contributed by atoms with E-state index in [1.165, 1.54) is 11.3 Å². The molecule has 0 aromatic carbocycles. The number of rotatable bonds is 5. The van der Waals surface area contributed by atoms with E-state index in [1.807, 2.05) is 13.8 Å². The average molecular weight is 263 g/mol. The molecule has 16 heavy (non-hydrogen) atoms. The van der Waals surface area contributed by atoms with Crippen LogP contribution >= 0.6 is 18.9 Å². The molecule has 0 aliphatic rings. The normalized spacial score (nSPS) is 12.0. The summed E-state index contributed by atoms with van der Waals surface area (Å²) in [5.74, 6) is 0. The Hall–Kier alpha value is -0.350. The highest BCUT2D eigenvalue weighted by atomic mass is 32.1. The van der Waals surface area contributed by atoms with Crippen LogP contribution in [0, 0.1) is 13.8 Å². The maximum Gasteiger partial charge on any atom is 0.364 e. The number of anilines is 1. The monoisotopic (exact) mass is 263 g/mol. The van der Waals surface area contributed by atoms with Gasteiger partial charge >= 0.3 is 7.60 Å². The Morgan fingerprint density at radius 3 is 2.06 bits per heavy atom.